The number of carboxylic acids is 1. The van der Waals surface area contributed by atoms with E-state index in [1.807, 2.05) is 25.1 Å². The molecule has 116 valence electrons. The van der Waals surface area contributed by atoms with Gasteiger partial charge in [-0.05, 0) is 19.8 Å². The molecular formula is C16H18N2O4. The molecule has 2 aromatic rings. The summed E-state index contributed by atoms with van der Waals surface area (Å²) in [4.78, 5) is 11.6. The summed E-state index contributed by atoms with van der Waals surface area (Å²) in [6.45, 7) is 3.23. The Hall–Kier alpha value is -2.34. The molecule has 1 saturated heterocycles. The lowest BCUT2D eigenvalue weighted by Crippen LogP contribution is -2.33. The SMILES string of the molecule is CC1(CNc2noc(-c3ccccc3)c2C(=O)O)CCCO1. The van der Waals surface area contributed by atoms with Crippen LogP contribution in [0.25, 0.3) is 11.3 Å². The zero-order valence-corrected chi connectivity index (χ0v) is 12.3. The molecule has 0 saturated carbocycles. The van der Waals surface area contributed by atoms with Gasteiger partial charge in [0, 0.05) is 18.7 Å². The number of carboxylic acid groups (broad SMARTS) is 1. The summed E-state index contributed by atoms with van der Waals surface area (Å²) in [6, 6.07) is 9.09. The minimum absolute atomic E-state index is 0.0489. The number of hydrogen-bond acceptors (Lipinski definition) is 5. The maximum absolute atomic E-state index is 11.6. The molecule has 1 aliphatic rings. The first-order valence-electron chi connectivity index (χ1n) is 7.25. The van der Waals surface area contributed by atoms with E-state index in [2.05, 4.69) is 10.5 Å². The molecule has 0 spiro atoms. The summed E-state index contributed by atoms with van der Waals surface area (Å²) in [5.41, 5.74) is 0.443. The lowest BCUT2D eigenvalue weighted by atomic mass is 10.0. The van der Waals surface area contributed by atoms with Gasteiger partial charge in [0.2, 0.25) is 0 Å². The van der Waals surface area contributed by atoms with E-state index in [-0.39, 0.29) is 22.7 Å². The average molecular weight is 302 g/mol. The van der Waals surface area contributed by atoms with Gasteiger partial charge in [-0.1, -0.05) is 35.5 Å². The Morgan fingerprint density at radius 1 is 1.41 bits per heavy atom. The van der Waals surface area contributed by atoms with Gasteiger partial charge in [0.15, 0.2) is 17.1 Å². The molecule has 3 rings (SSSR count). The van der Waals surface area contributed by atoms with Gasteiger partial charge in [-0.2, -0.15) is 0 Å². The molecule has 6 nitrogen and oxygen atoms in total. The van der Waals surface area contributed by atoms with E-state index in [1.54, 1.807) is 12.1 Å². The van der Waals surface area contributed by atoms with Gasteiger partial charge in [-0.25, -0.2) is 4.79 Å². The number of hydrogen-bond donors (Lipinski definition) is 2. The highest BCUT2D eigenvalue weighted by Gasteiger charge is 2.31. The predicted octanol–water partition coefficient (Wildman–Crippen LogP) is 3.02. The van der Waals surface area contributed by atoms with Gasteiger partial charge >= 0.3 is 5.97 Å². The van der Waals surface area contributed by atoms with E-state index < -0.39 is 5.97 Å². The fourth-order valence-corrected chi connectivity index (χ4v) is 2.64. The van der Waals surface area contributed by atoms with Crippen molar-refractivity contribution in [1.29, 1.82) is 0 Å². The number of rotatable bonds is 5. The standard InChI is InChI=1S/C16H18N2O4/c1-16(8-5-9-21-16)10-17-14-12(15(19)20)13(22-18-14)11-6-3-2-4-7-11/h2-4,6-7H,5,8-10H2,1H3,(H,17,18)(H,19,20). The molecule has 0 amide bonds. The highest BCUT2D eigenvalue weighted by Crippen LogP contribution is 2.31. The summed E-state index contributed by atoms with van der Waals surface area (Å²) < 4.78 is 10.9. The number of aromatic nitrogens is 1. The largest absolute Gasteiger partial charge is 0.477 e. The van der Waals surface area contributed by atoms with Crippen LogP contribution < -0.4 is 5.32 Å². The van der Waals surface area contributed by atoms with E-state index in [1.165, 1.54) is 0 Å². The van der Waals surface area contributed by atoms with E-state index >= 15 is 0 Å². The van der Waals surface area contributed by atoms with Crippen LogP contribution in [0.15, 0.2) is 34.9 Å². The number of nitrogens with one attached hydrogen (secondary N) is 1. The van der Waals surface area contributed by atoms with E-state index in [0.717, 1.165) is 19.4 Å². The average Bonchev–Trinajstić information content (AvgIpc) is 3.13. The van der Waals surface area contributed by atoms with Gasteiger partial charge in [0.1, 0.15) is 0 Å². The van der Waals surface area contributed by atoms with E-state index in [4.69, 9.17) is 9.26 Å². The van der Waals surface area contributed by atoms with Crippen molar-refractivity contribution in [3.05, 3.63) is 35.9 Å². The molecule has 1 aliphatic heterocycles. The monoisotopic (exact) mass is 302 g/mol. The van der Waals surface area contributed by atoms with Crippen molar-refractivity contribution in [3.8, 4) is 11.3 Å². The topological polar surface area (TPSA) is 84.6 Å². The molecule has 2 heterocycles. The van der Waals surface area contributed by atoms with Gasteiger partial charge < -0.3 is 19.7 Å². The van der Waals surface area contributed by atoms with Crippen molar-refractivity contribution >= 4 is 11.8 Å². The predicted molar refractivity (Wildman–Crippen MR) is 81.0 cm³/mol. The van der Waals surface area contributed by atoms with Crippen LogP contribution in [-0.2, 0) is 4.74 Å². The normalized spacial score (nSPS) is 21.0. The molecule has 6 heteroatoms. The van der Waals surface area contributed by atoms with Crippen molar-refractivity contribution < 1.29 is 19.2 Å². The molecule has 1 aromatic carbocycles. The maximum atomic E-state index is 11.6. The lowest BCUT2D eigenvalue weighted by Gasteiger charge is -2.23. The van der Waals surface area contributed by atoms with Gasteiger partial charge in [0.05, 0.1) is 5.60 Å². The van der Waals surface area contributed by atoms with Crippen molar-refractivity contribution in [3.63, 3.8) is 0 Å². The Morgan fingerprint density at radius 3 is 2.82 bits per heavy atom. The van der Waals surface area contributed by atoms with Crippen LogP contribution in [0.4, 0.5) is 5.82 Å². The Morgan fingerprint density at radius 2 is 2.18 bits per heavy atom. The second kappa shape index (κ2) is 5.81. The van der Waals surface area contributed by atoms with Crippen LogP contribution in [0.3, 0.4) is 0 Å². The number of aromatic carboxylic acids is 1. The molecular weight excluding hydrogens is 284 g/mol. The van der Waals surface area contributed by atoms with Gasteiger partial charge in [-0.15, -0.1) is 0 Å². The quantitative estimate of drug-likeness (QED) is 0.883. The summed E-state index contributed by atoms with van der Waals surface area (Å²) in [7, 11) is 0. The van der Waals surface area contributed by atoms with Crippen LogP contribution in [0.1, 0.15) is 30.1 Å². The third kappa shape index (κ3) is 2.82. The zero-order valence-electron chi connectivity index (χ0n) is 12.3. The highest BCUT2D eigenvalue weighted by atomic mass is 16.5. The van der Waals surface area contributed by atoms with E-state index in [0.29, 0.717) is 12.1 Å². The molecule has 0 radical (unpaired) electrons. The Labute approximate surface area is 128 Å². The van der Waals surface area contributed by atoms with Crippen molar-refractivity contribution in [2.75, 3.05) is 18.5 Å². The highest BCUT2D eigenvalue weighted by molar-refractivity contribution is 5.99. The molecule has 22 heavy (non-hydrogen) atoms. The summed E-state index contributed by atoms with van der Waals surface area (Å²) in [5.74, 6) is -0.573. The first-order chi connectivity index (χ1) is 10.6. The molecule has 0 aliphatic carbocycles. The second-order valence-corrected chi connectivity index (χ2v) is 5.66. The van der Waals surface area contributed by atoms with Crippen LogP contribution in [-0.4, -0.2) is 35.0 Å². The van der Waals surface area contributed by atoms with Crippen LogP contribution in [0.5, 0.6) is 0 Å². The Balaban J connectivity index is 1.86. The third-order valence-electron chi connectivity index (χ3n) is 3.87. The lowest BCUT2D eigenvalue weighted by molar-refractivity contribution is 0.0313. The number of anilines is 1. The number of nitrogens with zero attached hydrogens (tertiary/aromatic N) is 1. The summed E-state index contributed by atoms with van der Waals surface area (Å²) >= 11 is 0. The van der Waals surface area contributed by atoms with Gasteiger partial charge in [0.25, 0.3) is 0 Å². The molecule has 1 unspecified atom stereocenters. The number of carbonyl (C=O) groups is 1. The zero-order chi connectivity index (χ0) is 15.6. The molecule has 2 N–H and O–H groups in total. The number of ether oxygens (including phenoxy) is 1. The first kappa shape index (κ1) is 14.6. The van der Waals surface area contributed by atoms with Crippen LogP contribution >= 0.6 is 0 Å². The number of benzene rings is 1. The third-order valence-corrected chi connectivity index (χ3v) is 3.87. The first-order valence-corrected chi connectivity index (χ1v) is 7.25. The van der Waals surface area contributed by atoms with E-state index in [9.17, 15) is 9.90 Å². The van der Waals surface area contributed by atoms with Crippen molar-refractivity contribution in [2.45, 2.75) is 25.4 Å². The fourth-order valence-electron chi connectivity index (χ4n) is 2.64. The second-order valence-electron chi connectivity index (χ2n) is 5.66. The minimum atomic E-state index is -1.07. The minimum Gasteiger partial charge on any atom is -0.477 e. The summed E-state index contributed by atoms with van der Waals surface area (Å²) in [5, 5.41) is 16.4. The van der Waals surface area contributed by atoms with Crippen molar-refractivity contribution in [2.24, 2.45) is 0 Å². The van der Waals surface area contributed by atoms with Crippen molar-refractivity contribution in [1.82, 2.24) is 5.16 Å². The molecule has 1 aromatic heterocycles. The molecule has 1 atom stereocenters. The van der Waals surface area contributed by atoms with Crippen LogP contribution in [0.2, 0.25) is 0 Å². The maximum Gasteiger partial charge on any atom is 0.343 e. The summed E-state index contributed by atoms with van der Waals surface area (Å²) in [6.07, 6.45) is 1.95. The Kier molecular flexibility index (Phi) is 3.85. The Bertz CT molecular complexity index is 660. The molecule has 0 bridgehead atoms. The van der Waals surface area contributed by atoms with Crippen LogP contribution in [0, 0.1) is 0 Å². The smallest absolute Gasteiger partial charge is 0.343 e. The fraction of sp³-hybridized carbons (Fsp3) is 0.375. The molecule has 1 fully saturated rings. The van der Waals surface area contributed by atoms with Gasteiger partial charge in [-0.3, -0.25) is 0 Å².